The minimum Gasteiger partial charge on any atom is -0.389 e. The van der Waals surface area contributed by atoms with Crippen molar-refractivity contribution in [3.63, 3.8) is 0 Å². The van der Waals surface area contributed by atoms with Gasteiger partial charge in [0.25, 0.3) is 0 Å². The Morgan fingerprint density at radius 3 is 2.89 bits per heavy atom. The third-order valence-electron chi connectivity index (χ3n) is 2.42. The summed E-state index contributed by atoms with van der Waals surface area (Å²) in [5, 5.41) is 12.9. The van der Waals surface area contributed by atoms with E-state index in [9.17, 15) is 5.11 Å². The molecule has 0 spiro atoms. The molecule has 108 valence electrons. The van der Waals surface area contributed by atoms with Crippen LogP contribution in [0.5, 0.6) is 0 Å². The number of thioether (sulfide) groups is 1. The number of rotatable bonds is 13. The molecule has 18 heavy (non-hydrogen) atoms. The molecule has 1 unspecified atom stereocenters. The number of hydrogen-bond acceptors (Lipinski definition) is 4. The smallest absolute Gasteiger partial charge is 0.0897 e. The summed E-state index contributed by atoms with van der Waals surface area (Å²) in [6, 6.07) is 0. The van der Waals surface area contributed by atoms with Crippen LogP contribution in [0.3, 0.4) is 0 Å². The quantitative estimate of drug-likeness (QED) is 0.400. The van der Waals surface area contributed by atoms with Crippen LogP contribution >= 0.6 is 11.8 Å². The second-order valence-electron chi connectivity index (χ2n) is 4.83. The zero-order valence-corrected chi connectivity index (χ0v) is 12.7. The van der Waals surface area contributed by atoms with Crippen LogP contribution in [0.25, 0.3) is 0 Å². The van der Waals surface area contributed by atoms with Crippen molar-refractivity contribution in [3.05, 3.63) is 12.7 Å². The molecule has 0 radical (unpaired) electrons. The molecular formula is C14H29NO2S. The van der Waals surface area contributed by atoms with E-state index in [0.717, 1.165) is 37.0 Å². The first-order valence-corrected chi connectivity index (χ1v) is 7.97. The lowest BCUT2D eigenvalue weighted by Gasteiger charge is -2.12. The van der Waals surface area contributed by atoms with Gasteiger partial charge in [-0.1, -0.05) is 19.9 Å². The van der Waals surface area contributed by atoms with E-state index in [2.05, 4.69) is 25.7 Å². The van der Waals surface area contributed by atoms with Gasteiger partial charge in [0, 0.05) is 31.2 Å². The van der Waals surface area contributed by atoms with E-state index < -0.39 is 6.10 Å². The largest absolute Gasteiger partial charge is 0.389 e. The zero-order chi connectivity index (χ0) is 13.6. The molecule has 0 aromatic rings. The summed E-state index contributed by atoms with van der Waals surface area (Å²) in [6.45, 7) is 10.8. The highest BCUT2D eigenvalue weighted by Gasteiger charge is 2.03. The predicted molar refractivity (Wildman–Crippen MR) is 81.3 cm³/mol. The summed E-state index contributed by atoms with van der Waals surface area (Å²) in [5.74, 6) is 2.77. The predicted octanol–water partition coefficient (Wildman–Crippen LogP) is 2.31. The Hall–Kier alpha value is -0.0300. The maximum absolute atomic E-state index is 9.65. The molecule has 0 fully saturated rings. The highest BCUT2D eigenvalue weighted by Crippen LogP contribution is 2.03. The molecule has 0 aliphatic rings. The minimum absolute atomic E-state index is 0.395. The van der Waals surface area contributed by atoms with Gasteiger partial charge in [0.15, 0.2) is 0 Å². The lowest BCUT2D eigenvalue weighted by Crippen LogP contribution is -2.31. The maximum atomic E-state index is 9.65. The van der Waals surface area contributed by atoms with E-state index in [1.165, 1.54) is 6.42 Å². The van der Waals surface area contributed by atoms with Crippen LogP contribution < -0.4 is 5.32 Å². The van der Waals surface area contributed by atoms with Crippen LogP contribution in [0.4, 0.5) is 0 Å². The number of ether oxygens (including phenoxy) is 1. The average molecular weight is 275 g/mol. The van der Waals surface area contributed by atoms with Crippen LogP contribution in [0.1, 0.15) is 26.7 Å². The van der Waals surface area contributed by atoms with Crippen LogP contribution in [0.2, 0.25) is 0 Å². The summed E-state index contributed by atoms with van der Waals surface area (Å²) in [6.07, 6.45) is 3.78. The van der Waals surface area contributed by atoms with Crippen molar-refractivity contribution in [2.75, 3.05) is 37.8 Å². The minimum atomic E-state index is -0.395. The van der Waals surface area contributed by atoms with Gasteiger partial charge < -0.3 is 15.2 Å². The SMILES string of the molecule is C=CCSCCNCC(O)COCCCC(C)C. The fourth-order valence-electron chi connectivity index (χ4n) is 1.45. The summed E-state index contributed by atoms with van der Waals surface area (Å²) in [5.41, 5.74) is 0. The van der Waals surface area contributed by atoms with Gasteiger partial charge in [-0.2, -0.15) is 11.8 Å². The Morgan fingerprint density at radius 1 is 1.44 bits per heavy atom. The van der Waals surface area contributed by atoms with Crippen molar-refractivity contribution < 1.29 is 9.84 Å². The second kappa shape index (κ2) is 13.4. The van der Waals surface area contributed by atoms with Gasteiger partial charge in [0.05, 0.1) is 12.7 Å². The van der Waals surface area contributed by atoms with Gasteiger partial charge >= 0.3 is 0 Å². The molecule has 0 aromatic carbocycles. The first kappa shape index (κ1) is 18.0. The lowest BCUT2D eigenvalue weighted by atomic mass is 10.1. The molecule has 2 N–H and O–H groups in total. The third kappa shape index (κ3) is 14.0. The molecule has 0 aromatic heterocycles. The molecule has 0 heterocycles. The number of aliphatic hydroxyl groups is 1. The Morgan fingerprint density at radius 2 is 2.22 bits per heavy atom. The Labute approximate surface area is 116 Å². The van der Waals surface area contributed by atoms with Crippen LogP contribution in [0.15, 0.2) is 12.7 Å². The normalized spacial score (nSPS) is 12.9. The molecule has 0 saturated carbocycles. The van der Waals surface area contributed by atoms with Crippen molar-refractivity contribution >= 4 is 11.8 Å². The van der Waals surface area contributed by atoms with Gasteiger partial charge in [-0.25, -0.2) is 0 Å². The molecule has 0 aliphatic heterocycles. The van der Waals surface area contributed by atoms with Crippen molar-refractivity contribution in [1.29, 1.82) is 0 Å². The van der Waals surface area contributed by atoms with Gasteiger partial charge in [0.1, 0.15) is 0 Å². The van der Waals surface area contributed by atoms with Crippen LogP contribution in [0, 0.1) is 5.92 Å². The van der Waals surface area contributed by atoms with Gasteiger partial charge in [-0.3, -0.25) is 0 Å². The third-order valence-corrected chi connectivity index (χ3v) is 3.38. The van der Waals surface area contributed by atoms with Gasteiger partial charge in [-0.05, 0) is 18.8 Å². The number of nitrogens with one attached hydrogen (secondary N) is 1. The lowest BCUT2D eigenvalue weighted by molar-refractivity contribution is 0.0351. The van der Waals surface area contributed by atoms with E-state index in [1.807, 2.05) is 17.8 Å². The molecule has 0 amide bonds. The number of hydrogen-bond donors (Lipinski definition) is 2. The molecule has 0 bridgehead atoms. The van der Waals surface area contributed by atoms with Crippen LogP contribution in [-0.2, 0) is 4.74 Å². The summed E-state index contributed by atoms with van der Waals surface area (Å²) < 4.78 is 5.43. The van der Waals surface area contributed by atoms with E-state index in [0.29, 0.717) is 13.2 Å². The Kier molecular flexibility index (Phi) is 13.4. The number of aliphatic hydroxyl groups excluding tert-OH is 1. The zero-order valence-electron chi connectivity index (χ0n) is 11.9. The molecule has 0 aliphatic carbocycles. The molecule has 0 rings (SSSR count). The topological polar surface area (TPSA) is 41.5 Å². The molecule has 1 atom stereocenters. The van der Waals surface area contributed by atoms with E-state index >= 15 is 0 Å². The fourth-order valence-corrected chi connectivity index (χ4v) is 2.07. The Balaban J connectivity index is 3.17. The second-order valence-corrected chi connectivity index (χ2v) is 5.98. The van der Waals surface area contributed by atoms with Crippen molar-refractivity contribution in [2.24, 2.45) is 5.92 Å². The summed E-state index contributed by atoms with van der Waals surface area (Å²) in [7, 11) is 0. The fraction of sp³-hybridized carbons (Fsp3) is 0.857. The monoisotopic (exact) mass is 275 g/mol. The van der Waals surface area contributed by atoms with Crippen molar-refractivity contribution in [2.45, 2.75) is 32.8 Å². The van der Waals surface area contributed by atoms with Gasteiger partial charge in [-0.15, -0.1) is 6.58 Å². The standard InChI is InChI=1S/C14H29NO2S/c1-4-9-18-10-7-15-11-14(16)12-17-8-5-6-13(2)3/h4,13-16H,1,5-12H2,2-3H3. The summed E-state index contributed by atoms with van der Waals surface area (Å²) >= 11 is 1.84. The molecule has 0 saturated heterocycles. The van der Waals surface area contributed by atoms with Crippen molar-refractivity contribution in [1.82, 2.24) is 5.32 Å². The summed E-state index contributed by atoms with van der Waals surface area (Å²) in [4.78, 5) is 0. The van der Waals surface area contributed by atoms with E-state index in [4.69, 9.17) is 4.74 Å². The highest BCUT2D eigenvalue weighted by molar-refractivity contribution is 7.99. The average Bonchev–Trinajstić information content (AvgIpc) is 2.33. The Bertz CT molecular complexity index is 189. The molecule has 3 nitrogen and oxygen atoms in total. The van der Waals surface area contributed by atoms with Gasteiger partial charge in [0.2, 0.25) is 0 Å². The first-order chi connectivity index (χ1) is 8.66. The maximum Gasteiger partial charge on any atom is 0.0897 e. The first-order valence-electron chi connectivity index (χ1n) is 6.82. The van der Waals surface area contributed by atoms with Crippen molar-refractivity contribution in [3.8, 4) is 0 Å². The van der Waals surface area contributed by atoms with E-state index in [1.54, 1.807) is 0 Å². The molecule has 4 heteroatoms. The van der Waals surface area contributed by atoms with E-state index in [-0.39, 0.29) is 0 Å². The molecular weight excluding hydrogens is 246 g/mol. The highest BCUT2D eigenvalue weighted by atomic mass is 32.2. The van der Waals surface area contributed by atoms with Crippen LogP contribution in [-0.4, -0.2) is 49.0 Å².